The van der Waals surface area contributed by atoms with Crippen LogP contribution in [0.3, 0.4) is 0 Å². The van der Waals surface area contributed by atoms with E-state index in [-0.39, 0.29) is 16.6 Å². The van der Waals surface area contributed by atoms with E-state index in [9.17, 15) is 4.79 Å². The third kappa shape index (κ3) is 5.16. The number of hydrogen-bond donors (Lipinski definition) is 1. The first-order valence-corrected chi connectivity index (χ1v) is 12.7. The van der Waals surface area contributed by atoms with Gasteiger partial charge in [0, 0.05) is 17.6 Å². The van der Waals surface area contributed by atoms with Crippen molar-refractivity contribution in [2.24, 2.45) is 0 Å². The zero-order valence-electron chi connectivity index (χ0n) is 19.4. The first-order chi connectivity index (χ1) is 14.8. The first-order valence-electron chi connectivity index (χ1n) is 11.9. The van der Waals surface area contributed by atoms with Crippen molar-refractivity contribution < 1.29 is 4.79 Å². The number of carbonyl (C=O) groups is 1. The largest absolute Gasteiger partial charge is 0.352 e. The van der Waals surface area contributed by atoms with Crippen LogP contribution in [-0.2, 0) is 10.2 Å². The normalized spacial score (nSPS) is 19.1. The summed E-state index contributed by atoms with van der Waals surface area (Å²) in [4.78, 5) is 12.8. The van der Waals surface area contributed by atoms with Crippen molar-refractivity contribution in [2.45, 2.75) is 107 Å². The molecule has 2 aliphatic carbocycles. The molecule has 2 aromatic rings. The number of carbonyl (C=O) groups excluding carboxylic acids is 1. The van der Waals surface area contributed by atoms with Crippen LogP contribution in [0.4, 0.5) is 0 Å². The molecule has 1 atom stereocenters. The molecule has 5 nitrogen and oxygen atoms in total. The van der Waals surface area contributed by atoms with Crippen molar-refractivity contribution in [1.82, 2.24) is 20.1 Å². The smallest absolute Gasteiger partial charge is 0.233 e. The van der Waals surface area contributed by atoms with Gasteiger partial charge >= 0.3 is 0 Å². The average Bonchev–Trinajstić information content (AvgIpc) is 3.49. The fourth-order valence-electron chi connectivity index (χ4n) is 4.77. The maximum absolute atomic E-state index is 12.8. The van der Waals surface area contributed by atoms with Crippen LogP contribution in [0.25, 0.3) is 11.4 Å². The van der Waals surface area contributed by atoms with Crippen molar-refractivity contribution in [3.63, 3.8) is 0 Å². The minimum absolute atomic E-state index is 0.119. The number of benzene rings is 1. The summed E-state index contributed by atoms with van der Waals surface area (Å²) in [5.74, 6) is 1.05. The molecule has 1 aromatic heterocycles. The molecule has 1 amide bonds. The standard InChI is InChI=1S/C25H36N4OS/c1-17(23(30)26-20-9-5-6-10-20)31-24-28-27-22(29(24)21-11-7-8-12-21)18-13-15-19(16-14-18)25(2,3)4/h13-17,20-21H,5-12H2,1-4H3,(H,26,30)/t17-/m0/s1. The van der Waals surface area contributed by atoms with E-state index in [1.165, 1.54) is 31.2 Å². The fourth-order valence-corrected chi connectivity index (χ4v) is 5.69. The minimum Gasteiger partial charge on any atom is -0.352 e. The molecule has 2 aliphatic rings. The molecular weight excluding hydrogens is 404 g/mol. The summed E-state index contributed by atoms with van der Waals surface area (Å²) in [6.45, 7) is 8.68. The molecule has 31 heavy (non-hydrogen) atoms. The van der Waals surface area contributed by atoms with Gasteiger partial charge in [0.1, 0.15) is 0 Å². The number of nitrogens with one attached hydrogen (secondary N) is 1. The first kappa shape index (κ1) is 22.4. The van der Waals surface area contributed by atoms with Gasteiger partial charge in [0.15, 0.2) is 11.0 Å². The predicted molar refractivity (Wildman–Crippen MR) is 127 cm³/mol. The molecule has 2 saturated carbocycles. The van der Waals surface area contributed by atoms with Gasteiger partial charge in [-0.05, 0) is 43.6 Å². The van der Waals surface area contributed by atoms with Crippen molar-refractivity contribution >= 4 is 17.7 Å². The number of thioether (sulfide) groups is 1. The lowest BCUT2D eigenvalue weighted by atomic mass is 9.86. The van der Waals surface area contributed by atoms with Crippen LogP contribution in [0.15, 0.2) is 29.4 Å². The van der Waals surface area contributed by atoms with Gasteiger partial charge in [0.25, 0.3) is 0 Å². The summed E-state index contributed by atoms with van der Waals surface area (Å²) in [7, 11) is 0. The second-order valence-corrected chi connectivity index (χ2v) is 11.5. The van der Waals surface area contributed by atoms with Crippen molar-refractivity contribution in [2.75, 3.05) is 0 Å². The Balaban J connectivity index is 1.57. The SMILES string of the molecule is C[C@H](Sc1nnc(-c2ccc(C(C)(C)C)cc2)n1C1CCCC1)C(=O)NC1CCCC1. The predicted octanol–water partition coefficient (Wildman–Crippen LogP) is 5.90. The molecule has 0 aliphatic heterocycles. The van der Waals surface area contributed by atoms with E-state index in [1.54, 1.807) is 11.8 Å². The Hall–Kier alpha value is -1.82. The van der Waals surface area contributed by atoms with E-state index in [0.29, 0.717) is 12.1 Å². The summed E-state index contributed by atoms with van der Waals surface area (Å²) in [6, 6.07) is 9.50. The quantitative estimate of drug-likeness (QED) is 0.568. The highest BCUT2D eigenvalue weighted by molar-refractivity contribution is 8.00. The third-order valence-corrected chi connectivity index (χ3v) is 7.77. The molecule has 0 spiro atoms. The van der Waals surface area contributed by atoms with E-state index in [0.717, 1.165) is 42.2 Å². The maximum atomic E-state index is 12.8. The molecular formula is C25H36N4OS. The summed E-state index contributed by atoms with van der Waals surface area (Å²) >= 11 is 1.55. The third-order valence-electron chi connectivity index (χ3n) is 6.72. The van der Waals surface area contributed by atoms with Crippen molar-refractivity contribution in [3.05, 3.63) is 29.8 Å². The van der Waals surface area contributed by atoms with Gasteiger partial charge in [-0.1, -0.05) is 82.5 Å². The van der Waals surface area contributed by atoms with Crippen molar-refractivity contribution in [1.29, 1.82) is 0 Å². The zero-order valence-corrected chi connectivity index (χ0v) is 20.2. The molecule has 6 heteroatoms. The number of amides is 1. The Bertz CT molecular complexity index is 887. The number of rotatable bonds is 6. The topological polar surface area (TPSA) is 59.8 Å². The molecule has 168 valence electrons. The van der Waals surface area contributed by atoms with Crippen molar-refractivity contribution in [3.8, 4) is 11.4 Å². The Morgan fingerprint density at radius 3 is 2.26 bits per heavy atom. The van der Waals surface area contributed by atoms with Crippen LogP contribution in [-0.4, -0.2) is 32.0 Å². The highest BCUT2D eigenvalue weighted by Crippen LogP contribution is 2.38. The van der Waals surface area contributed by atoms with Crippen LogP contribution in [0.2, 0.25) is 0 Å². The second-order valence-electron chi connectivity index (χ2n) is 10.2. The lowest BCUT2D eigenvalue weighted by Crippen LogP contribution is -2.37. The van der Waals surface area contributed by atoms with E-state index < -0.39 is 0 Å². The van der Waals surface area contributed by atoms with E-state index in [1.807, 2.05) is 6.92 Å². The lowest BCUT2D eigenvalue weighted by Gasteiger charge is -2.21. The molecule has 1 heterocycles. The molecule has 1 aromatic carbocycles. The molecule has 0 bridgehead atoms. The number of aromatic nitrogens is 3. The Morgan fingerprint density at radius 1 is 1.03 bits per heavy atom. The summed E-state index contributed by atoms with van der Waals surface area (Å²) in [5, 5.41) is 13.1. The minimum atomic E-state index is -0.180. The Labute approximate surface area is 190 Å². The Morgan fingerprint density at radius 2 is 1.65 bits per heavy atom. The summed E-state index contributed by atoms with van der Waals surface area (Å²) < 4.78 is 2.31. The van der Waals surface area contributed by atoms with E-state index in [4.69, 9.17) is 0 Å². The van der Waals surface area contributed by atoms with Gasteiger partial charge in [-0.25, -0.2) is 0 Å². The van der Waals surface area contributed by atoms with Crippen LogP contribution in [0.5, 0.6) is 0 Å². The average molecular weight is 441 g/mol. The highest BCUT2D eigenvalue weighted by atomic mass is 32.2. The van der Waals surface area contributed by atoms with Gasteiger partial charge in [0.2, 0.25) is 5.91 Å². The summed E-state index contributed by atoms with van der Waals surface area (Å²) in [5.41, 5.74) is 2.54. The number of nitrogens with zero attached hydrogens (tertiary/aromatic N) is 3. The molecule has 0 radical (unpaired) electrons. The zero-order chi connectivity index (χ0) is 22.0. The second kappa shape index (κ2) is 9.35. The van der Waals surface area contributed by atoms with E-state index in [2.05, 4.69) is 65.1 Å². The maximum Gasteiger partial charge on any atom is 0.233 e. The van der Waals surface area contributed by atoms with Gasteiger partial charge in [-0.2, -0.15) is 0 Å². The molecule has 2 fully saturated rings. The van der Waals surface area contributed by atoms with Gasteiger partial charge < -0.3 is 5.32 Å². The van der Waals surface area contributed by atoms with E-state index >= 15 is 0 Å². The monoisotopic (exact) mass is 440 g/mol. The van der Waals surface area contributed by atoms with Gasteiger partial charge in [-0.3, -0.25) is 9.36 Å². The van der Waals surface area contributed by atoms with Crippen LogP contribution in [0, 0.1) is 0 Å². The Kier molecular flexibility index (Phi) is 6.75. The van der Waals surface area contributed by atoms with Gasteiger partial charge in [0.05, 0.1) is 5.25 Å². The highest BCUT2D eigenvalue weighted by Gasteiger charge is 2.28. The molecule has 0 saturated heterocycles. The molecule has 1 N–H and O–H groups in total. The van der Waals surface area contributed by atoms with Crippen LogP contribution in [0.1, 0.15) is 90.7 Å². The fraction of sp³-hybridized carbons (Fsp3) is 0.640. The molecule has 4 rings (SSSR count). The van der Waals surface area contributed by atoms with Gasteiger partial charge in [-0.15, -0.1) is 10.2 Å². The van der Waals surface area contributed by atoms with Crippen LogP contribution < -0.4 is 5.32 Å². The molecule has 0 unspecified atom stereocenters. The lowest BCUT2D eigenvalue weighted by molar-refractivity contribution is -0.120. The van der Waals surface area contributed by atoms with Crippen LogP contribution >= 0.6 is 11.8 Å². The number of hydrogen-bond acceptors (Lipinski definition) is 4. The summed E-state index contributed by atoms with van der Waals surface area (Å²) in [6.07, 6.45) is 9.45.